The zero-order chi connectivity index (χ0) is 17.6. The Kier molecular flexibility index (Phi) is 4.07. The Bertz CT molecular complexity index is 874. The Labute approximate surface area is 148 Å². The highest BCUT2D eigenvalue weighted by Crippen LogP contribution is 2.26. The molecule has 2 aromatic rings. The average Bonchev–Trinajstić information content (AvgIpc) is 2.90. The first-order valence-electron chi connectivity index (χ1n) is 8.25. The lowest BCUT2D eigenvalue weighted by Crippen LogP contribution is -2.54. The molecule has 1 saturated heterocycles. The van der Waals surface area contributed by atoms with E-state index in [2.05, 4.69) is 10.1 Å². The van der Waals surface area contributed by atoms with Crippen molar-refractivity contribution in [2.75, 3.05) is 13.1 Å². The molecule has 4 rings (SSSR count). The van der Waals surface area contributed by atoms with E-state index in [0.29, 0.717) is 29.4 Å². The molecule has 0 radical (unpaired) electrons. The van der Waals surface area contributed by atoms with Gasteiger partial charge in [0.25, 0.3) is 0 Å². The van der Waals surface area contributed by atoms with E-state index in [1.54, 1.807) is 18.3 Å². The summed E-state index contributed by atoms with van der Waals surface area (Å²) in [5.74, 6) is 0.381. The lowest BCUT2D eigenvalue weighted by atomic mass is 10.0. The minimum atomic E-state index is -0.960. The van der Waals surface area contributed by atoms with Gasteiger partial charge in [0, 0.05) is 12.6 Å². The second-order valence-corrected chi connectivity index (χ2v) is 6.81. The Morgan fingerprint density at radius 2 is 2.20 bits per heavy atom. The van der Waals surface area contributed by atoms with Crippen LogP contribution in [-0.4, -0.2) is 49.4 Å². The lowest BCUT2D eigenvalue weighted by molar-refractivity contribution is -0.142. The average molecular weight is 366 g/mol. The van der Waals surface area contributed by atoms with E-state index >= 15 is 0 Å². The van der Waals surface area contributed by atoms with E-state index in [0.717, 1.165) is 6.42 Å². The molecule has 132 valence electrons. The van der Waals surface area contributed by atoms with Crippen LogP contribution in [0.1, 0.15) is 30.4 Å². The van der Waals surface area contributed by atoms with Crippen LogP contribution in [0.15, 0.2) is 23.1 Å². The number of aromatic nitrogens is 4. The lowest BCUT2D eigenvalue weighted by Gasteiger charge is -2.37. The van der Waals surface area contributed by atoms with Crippen molar-refractivity contribution in [3.05, 3.63) is 45.4 Å². The van der Waals surface area contributed by atoms with Gasteiger partial charge in [-0.1, -0.05) is 11.6 Å². The predicted molar refractivity (Wildman–Crippen MR) is 88.3 cm³/mol. The molecule has 0 N–H and O–H groups in total. The first-order valence-corrected chi connectivity index (χ1v) is 8.63. The second kappa shape index (κ2) is 6.25. The van der Waals surface area contributed by atoms with Crippen molar-refractivity contribution in [1.82, 2.24) is 24.2 Å². The molecule has 1 unspecified atom stereocenters. The number of halogens is 2. The standard InChI is InChI=1S/C16H17ClFN5O2/c17-11-3-2-6-19-12(11)9-22-16(25)23-13(4-1-5-14(23)20-22)15(24)21-7-10(18)8-21/h2-3,6,10,13H,1,4-5,7-9H2. The van der Waals surface area contributed by atoms with Gasteiger partial charge in [-0.15, -0.1) is 0 Å². The van der Waals surface area contributed by atoms with E-state index in [4.69, 9.17) is 11.6 Å². The van der Waals surface area contributed by atoms with Gasteiger partial charge in [0.1, 0.15) is 18.0 Å². The quantitative estimate of drug-likeness (QED) is 0.819. The number of hydrogen-bond donors (Lipinski definition) is 0. The highest BCUT2D eigenvalue weighted by Gasteiger charge is 2.38. The van der Waals surface area contributed by atoms with Gasteiger partial charge in [0.2, 0.25) is 5.91 Å². The number of aryl methyl sites for hydroxylation is 1. The molecule has 2 aliphatic rings. The van der Waals surface area contributed by atoms with Crippen molar-refractivity contribution in [3.63, 3.8) is 0 Å². The summed E-state index contributed by atoms with van der Waals surface area (Å²) in [6.07, 6.45) is 2.61. The normalized spacial score (nSPS) is 20.2. The van der Waals surface area contributed by atoms with Gasteiger partial charge in [-0.05, 0) is 25.0 Å². The Balaban J connectivity index is 1.64. The number of carbonyl (C=O) groups excluding carboxylic acids is 1. The van der Waals surface area contributed by atoms with E-state index < -0.39 is 12.2 Å². The molecular weight excluding hydrogens is 349 g/mol. The molecule has 0 aromatic carbocycles. The maximum absolute atomic E-state index is 13.1. The first-order chi connectivity index (χ1) is 12.0. The molecule has 2 aliphatic heterocycles. The van der Waals surface area contributed by atoms with Crippen molar-refractivity contribution < 1.29 is 9.18 Å². The Morgan fingerprint density at radius 1 is 1.40 bits per heavy atom. The van der Waals surface area contributed by atoms with Crippen LogP contribution in [0, 0.1) is 0 Å². The topological polar surface area (TPSA) is 73.0 Å². The zero-order valence-corrected chi connectivity index (χ0v) is 14.2. The molecule has 0 saturated carbocycles. The SMILES string of the molecule is O=C(C1CCCc2nn(Cc3ncccc3Cl)c(=O)n21)N1CC(F)C1. The maximum Gasteiger partial charge on any atom is 0.347 e. The summed E-state index contributed by atoms with van der Waals surface area (Å²) in [5, 5.41) is 4.82. The summed E-state index contributed by atoms with van der Waals surface area (Å²) in [7, 11) is 0. The van der Waals surface area contributed by atoms with Crippen LogP contribution in [0.4, 0.5) is 4.39 Å². The number of fused-ring (bicyclic) bond motifs is 1. The highest BCUT2D eigenvalue weighted by atomic mass is 35.5. The molecule has 25 heavy (non-hydrogen) atoms. The third-order valence-electron chi connectivity index (χ3n) is 4.70. The van der Waals surface area contributed by atoms with Gasteiger partial charge < -0.3 is 4.90 Å². The van der Waals surface area contributed by atoms with Crippen molar-refractivity contribution in [2.24, 2.45) is 0 Å². The summed E-state index contributed by atoms with van der Waals surface area (Å²) < 4.78 is 15.8. The van der Waals surface area contributed by atoms with E-state index in [1.807, 2.05) is 0 Å². The second-order valence-electron chi connectivity index (χ2n) is 6.41. The molecule has 1 atom stereocenters. The molecule has 1 amide bonds. The number of alkyl halides is 1. The number of hydrogen-bond acceptors (Lipinski definition) is 4. The van der Waals surface area contributed by atoms with Gasteiger partial charge in [-0.3, -0.25) is 14.3 Å². The third kappa shape index (κ3) is 2.84. The van der Waals surface area contributed by atoms with Crippen LogP contribution < -0.4 is 5.69 Å². The van der Waals surface area contributed by atoms with Gasteiger partial charge in [0.05, 0.1) is 30.4 Å². The zero-order valence-electron chi connectivity index (χ0n) is 13.4. The summed E-state index contributed by atoms with van der Waals surface area (Å²) >= 11 is 6.11. The maximum atomic E-state index is 13.1. The molecule has 0 spiro atoms. The fourth-order valence-corrected chi connectivity index (χ4v) is 3.54. The van der Waals surface area contributed by atoms with Crippen molar-refractivity contribution in [3.8, 4) is 0 Å². The minimum absolute atomic E-state index is 0.108. The fraction of sp³-hybridized carbons (Fsp3) is 0.500. The number of likely N-dealkylation sites (tertiary alicyclic amines) is 1. The molecule has 7 nitrogen and oxygen atoms in total. The van der Waals surface area contributed by atoms with Gasteiger partial charge in [-0.2, -0.15) is 5.10 Å². The van der Waals surface area contributed by atoms with E-state index in [1.165, 1.54) is 14.1 Å². The van der Waals surface area contributed by atoms with Crippen LogP contribution >= 0.6 is 11.6 Å². The van der Waals surface area contributed by atoms with Crippen LogP contribution in [0.3, 0.4) is 0 Å². The van der Waals surface area contributed by atoms with Crippen molar-refractivity contribution in [1.29, 1.82) is 0 Å². The van der Waals surface area contributed by atoms with Crippen LogP contribution in [0.2, 0.25) is 5.02 Å². The first kappa shape index (κ1) is 16.3. The third-order valence-corrected chi connectivity index (χ3v) is 5.04. The Hall–Kier alpha value is -2.22. The molecule has 9 heteroatoms. The number of amides is 1. The van der Waals surface area contributed by atoms with Crippen LogP contribution in [0.5, 0.6) is 0 Å². The molecule has 4 heterocycles. The summed E-state index contributed by atoms with van der Waals surface area (Å²) in [5.41, 5.74) is 0.194. The summed E-state index contributed by atoms with van der Waals surface area (Å²) in [6.45, 7) is 0.365. The van der Waals surface area contributed by atoms with Crippen molar-refractivity contribution >= 4 is 17.5 Å². The summed E-state index contributed by atoms with van der Waals surface area (Å²) in [6, 6.07) is 2.82. The van der Waals surface area contributed by atoms with Gasteiger partial charge in [-0.25, -0.2) is 13.9 Å². The Morgan fingerprint density at radius 3 is 2.92 bits per heavy atom. The van der Waals surface area contributed by atoms with Gasteiger partial charge in [0.15, 0.2) is 0 Å². The largest absolute Gasteiger partial charge is 0.347 e. The molecule has 2 aromatic heterocycles. The number of nitrogens with zero attached hydrogens (tertiary/aromatic N) is 5. The molecule has 1 fully saturated rings. The monoisotopic (exact) mass is 365 g/mol. The summed E-state index contributed by atoms with van der Waals surface area (Å²) in [4.78, 5) is 31.0. The molecule has 0 bridgehead atoms. The van der Waals surface area contributed by atoms with Crippen molar-refractivity contribution in [2.45, 2.75) is 38.0 Å². The molecular formula is C16H17ClFN5O2. The van der Waals surface area contributed by atoms with E-state index in [9.17, 15) is 14.0 Å². The smallest absolute Gasteiger partial charge is 0.335 e. The number of rotatable bonds is 3. The molecule has 0 aliphatic carbocycles. The highest BCUT2D eigenvalue weighted by molar-refractivity contribution is 6.31. The van der Waals surface area contributed by atoms with Crippen LogP contribution in [-0.2, 0) is 17.8 Å². The van der Waals surface area contributed by atoms with E-state index in [-0.39, 0.29) is 31.2 Å². The number of pyridine rings is 1. The van der Waals surface area contributed by atoms with Crippen LogP contribution in [0.25, 0.3) is 0 Å². The fourth-order valence-electron chi connectivity index (χ4n) is 3.36. The minimum Gasteiger partial charge on any atom is -0.335 e. The van der Waals surface area contributed by atoms with Gasteiger partial charge >= 0.3 is 5.69 Å². The predicted octanol–water partition coefficient (Wildman–Crippen LogP) is 1.20. The number of carbonyl (C=O) groups is 1.